The van der Waals surface area contributed by atoms with Gasteiger partial charge < -0.3 is 15.2 Å². The zero-order valence-corrected chi connectivity index (χ0v) is 13.9. The lowest BCUT2D eigenvalue weighted by Gasteiger charge is -2.15. The van der Waals surface area contributed by atoms with Crippen molar-refractivity contribution in [3.8, 4) is 5.75 Å². The van der Waals surface area contributed by atoms with Crippen LogP contribution >= 0.6 is 0 Å². The van der Waals surface area contributed by atoms with E-state index in [-0.39, 0.29) is 12.3 Å². The largest absolute Gasteiger partial charge is 0.491 e. The fourth-order valence-electron chi connectivity index (χ4n) is 2.27. The van der Waals surface area contributed by atoms with Crippen LogP contribution in [0.4, 0.5) is 10.1 Å². The second-order valence-corrected chi connectivity index (χ2v) is 5.67. The molecule has 1 unspecified atom stereocenters. The highest BCUT2D eigenvalue weighted by atomic mass is 19.1. The maximum absolute atomic E-state index is 13.2. The van der Waals surface area contributed by atoms with E-state index >= 15 is 0 Å². The number of anilines is 1. The van der Waals surface area contributed by atoms with Crippen LogP contribution in [0.2, 0.25) is 0 Å². The Labute approximate surface area is 141 Å². The lowest BCUT2D eigenvalue weighted by molar-refractivity contribution is -0.118. The molecular formula is C19H22FNO3. The zero-order chi connectivity index (χ0) is 17.5. The lowest BCUT2D eigenvalue weighted by atomic mass is 10.1. The minimum Gasteiger partial charge on any atom is -0.491 e. The number of amides is 1. The van der Waals surface area contributed by atoms with Gasteiger partial charge in [-0.05, 0) is 48.7 Å². The molecule has 0 heterocycles. The molecule has 0 bridgehead atoms. The third-order valence-corrected chi connectivity index (χ3v) is 3.49. The number of hydrogen-bond donors (Lipinski definition) is 2. The molecule has 4 nitrogen and oxygen atoms in total. The number of carbonyl (C=O) groups is 1. The summed E-state index contributed by atoms with van der Waals surface area (Å²) in [6.07, 6.45) is -0.365. The number of aryl methyl sites for hydroxylation is 1. The van der Waals surface area contributed by atoms with Gasteiger partial charge in [0, 0.05) is 0 Å². The molecular weight excluding hydrogens is 309 g/mol. The minimum atomic E-state index is -1.06. The molecule has 2 rings (SSSR count). The van der Waals surface area contributed by atoms with E-state index in [9.17, 15) is 14.3 Å². The molecule has 0 radical (unpaired) electrons. The molecule has 0 spiro atoms. The van der Waals surface area contributed by atoms with E-state index in [4.69, 9.17) is 4.74 Å². The molecule has 24 heavy (non-hydrogen) atoms. The molecule has 2 N–H and O–H groups in total. The molecule has 0 saturated heterocycles. The molecule has 0 fully saturated rings. The Morgan fingerprint density at radius 1 is 1.29 bits per heavy atom. The summed E-state index contributed by atoms with van der Waals surface area (Å²) in [4.78, 5) is 12.2. The van der Waals surface area contributed by atoms with Crippen molar-refractivity contribution < 1.29 is 19.0 Å². The summed E-state index contributed by atoms with van der Waals surface area (Å²) < 4.78 is 18.8. The van der Waals surface area contributed by atoms with Crippen molar-refractivity contribution in [2.24, 2.45) is 0 Å². The first kappa shape index (κ1) is 17.9. The third kappa shape index (κ3) is 5.06. The summed E-state index contributed by atoms with van der Waals surface area (Å²) in [6, 6.07) is 11.1. The Balaban J connectivity index is 2.04. The fraction of sp³-hybridized carbons (Fsp3) is 0.316. The van der Waals surface area contributed by atoms with Crippen molar-refractivity contribution in [2.75, 3.05) is 11.9 Å². The van der Waals surface area contributed by atoms with E-state index in [2.05, 4.69) is 5.32 Å². The lowest BCUT2D eigenvalue weighted by Crippen LogP contribution is -2.16. The zero-order valence-electron chi connectivity index (χ0n) is 13.9. The summed E-state index contributed by atoms with van der Waals surface area (Å²) in [5.74, 6) is -0.205. The predicted molar refractivity (Wildman–Crippen MR) is 91.6 cm³/mol. The number of carbonyl (C=O) groups excluding carboxylic acids is 1. The molecule has 0 aliphatic rings. The minimum absolute atomic E-state index is 0.162. The van der Waals surface area contributed by atoms with E-state index < -0.39 is 11.9 Å². The number of rotatable bonds is 7. The average molecular weight is 331 g/mol. The SMILES string of the molecule is CCCOc1cc(C)ccc1NC(=O)CC(O)c1cccc(F)c1. The maximum Gasteiger partial charge on any atom is 0.227 e. The van der Waals surface area contributed by atoms with E-state index in [1.165, 1.54) is 18.2 Å². The van der Waals surface area contributed by atoms with Gasteiger partial charge in [0.25, 0.3) is 0 Å². The second-order valence-electron chi connectivity index (χ2n) is 5.67. The number of ether oxygens (including phenoxy) is 1. The van der Waals surface area contributed by atoms with Crippen LogP contribution < -0.4 is 10.1 Å². The van der Waals surface area contributed by atoms with Gasteiger partial charge in [-0.1, -0.05) is 25.1 Å². The molecule has 0 aliphatic carbocycles. The van der Waals surface area contributed by atoms with E-state index in [1.807, 2.05) is 26.0 Å². The van der Waals surface area contributed by atoms with Gasteiger partial charge in [-0.15, -0.1) is 0 Å². The molecule has 0 saturated carbocycles. The Bertz CT molecular complexity index is 703. The van der Waals surface area contributed by atoms with Crippen LogP contribution in [0.15, 0.2) is 42.5 Å². The highest BCUT2D eigenvalue weighted by molar-refractivity contribution is 5.92. The number of hydrogen-bond acceptors (Lipinski definition) is 3. The Kier molecular flexibility index (Phi) is 6.32. The summed E-state index contributed by atoms with van der Waals surface area (Å²) >= 11 is 0. The van der Waals surface area contributed by atoms with Gasteiger partial charge in [0.1, 0.15) is 11.6 Å². The van der Waals surface area contributed by atoms with Gasteiger partial charge >= 0.3 is 0 Å². The highest BCUT2D eigenvalue weighted by Crippen LogP contribution is 2.27. The van der Waals surface area contributed by atoms with Gasteiger partial charge in [-0.3, -0.25) is 4.79 Å². The average Bonchev–Trinajstić information content (AvgIpc) is 2.55. The number of benzene rings is 2. The van der Waals surface area contributed by atoms with Crippen LogP contribution in [0.1, 0.15) is 37.0 Å². The molecule has 1 atom stereocenters. The molecule has 2 aromatic carbocycles. The first-order valence-corrected chi connectivity index (χ1v) is 7.96. The topological polar surface area (TPSA) is 58.6 Å². The Morgan fingerprint density at radius 2 is 2.08 bits per heavy atom. The van der Waals surface area contributed by atoms with Crippen LogP contribution in [-0.2, 0) is 4.79 Å². The second kappa shape index (κ2) is 8.45. The first-order valence-electron chi connectivity index (χ1n) is 7.96. The molecule has 5 heteroatoms. The van der Waals surface area contributed by atoms with Crippen molar-refractivity contribution in [3.05, 3.63) is 59.4 Å². The van der Waals surface area contributed by atoms with Crippen molar-refractivity contribution in [2.45, 2.75) is 32.8 Å². The fourth-order valence-corrected chi connectivity index (χ4v) is 2.27. The van der Waals surface area contributed by atoms with E-state index in [1.54, 1.807) is 12.1 Å². The summed E-state index contributed by atoms with van der Waals surface area (Å²) in [6.45, 7) is 4.50. The van der Waals surface area contributed by atoms with Gasteiger partial charge in [-0.25, -0.2) is 4.39 Å². The van der Waals surface area contributed by atoms with Crippen LogP contribution in [0.3, 0.4) is 0 Å². The van der Waals surface area contributed by atoms with Crippen LogP contribution in [0.5, 0.6) is 5.75 Å². The molecule has 1 amide bonds. The normalized spacial score (nSPS) is 11.8. The van der Waals surface area contributed by atoms with Gasteiger partial charge in [0.15, 0.2) is 0 Å². The summed E-state index contributed by atoms with van der Waals surface area (Å²) in [5, 5.41) is 12.8. The maximum atomic E-state index is 13.2. The van der Waals surface area contributed by atoms with Crippen molar-refractivity contribution in [3.63, 3.8) is 0 Å². The molecule has 128 valence electrons. The number of nitrogens with one attached hydrogen (secondary N) is 1. The Morgan fingerprint density at radius 3 is 2.79 bits per heavy atom. The predicted octanol–water partition coefficient (Wildman–Crippen LogP) is 3.99. The van der Waals surface area contributed by atoms with Crippen LogP contribution in [-0.4, -0.2) is 17.6 Å². The quantitative estimate of drug-likeness (QED) is 0.806. The molecule has 0 aromatic heterocycles. The van der Waals surface area contributed by atoms with E-state index in [0.717, 1.165) is 12.0 Å². The standard InChI is InChI=1S/C19H22FNO3/c1-3-9-24-18-10-13(2)7-8-16(18)21-19(23)12-17(22)14-5-4-6-15(20)11-14/h4-8,10-11,17,22H,3,9,12H2,1-2H3,(H,21,23). The van der Waals surface area contributed by atoms with Crippen LogP contribution in [0, 0.1) is 12.7 Å². The summed E-state index contributed by atoms with van der Waals surface area (Å²) in [5.41, 5.74) is 1.96. The Hall–Kier alpha value is -2.40. The van der Waals surface area contributed by atoms with Gasteiger partial charge in [0.05, 0.1) is 24.8 Å². The third-order valence-electron chi connectivity index (χ3n) is 3.49. The van der Waals surface area contributed by atoms with Gasteiger partial charge in [-0.2, -0.15) is 0 Å². The summed E-state index contributed by atoms with van der Waals surface area (Å²) in [7, 11) is 0. The smallest absolute Gasteiger partial charge is 0.227 e. The first-order chi connectivity index (χ1) is 11.5. The number of aliphatic hydroxyl groups excluding tert-OH is 1. The number of halogens is 1. The highest BCUT2D eigenvalue weighted by Gasteiger charge is 2.15. The van der Waals surface area contributed by atoms with Crippen molar-refractivity contribution in [1.82, 2.24) is 0 Å². The van der Waals surface area contributed by atoms with Crippen molar-refractivity contribution in [1.29, 1.82) is 0 Å². The molecule has 0 aliphatic heterocycles. The van der Waals surface area contributed by atoms with Gasteiger partial charge in [0.2, 0.25) is 5.91 Å². The number of aliphatic hydroxyl groups is 1. The molecule has 2 aromatic rings. The van der Waals surface area contributed by atoms with Crippen molar-refractivity contribution >= 4 is 11.6 Å². The van der Waals surface area contributed by atoms with Crippen LogP contribution in [0.25, 0.3) is 0 Å². The van der Waals surface area contributed by atoms with E-state index in [0.29, 0.717) is 23.6 Å². The monoisotopic (exact) mass is 331 g/mol.